The number of hydrogen-bond donors (Lipinski definition) is 3. The summed E-state index contributed by atoms with van der Waals surface area (Å²) in [5.41, 5.74) is 3.25. The molecule has 2 atom stereocenters. The quantitative estimate of drug-likeness (QED) is 0.759. The summed E-state index contributed by atoms with van der Waals surface area (Å²) in [7, 11) is 0. The number of carboxylic acid groups (broad SMARTS) is 1. The summed E-state index contributed by atoms with van der Waals surface area (Å²) in [5, 5.41) is 21.9. The van der Waals surface area contributed by atoms with E-state index in [2.05, 4.69) is 5.32 Å². The second-order valence-corrected chi connectivity index (χ2v) is 5.79. The van der Waals surface area contributed by atoms with Crippen molar-refractivity contribution in [2.24, 2.45) is 0 Å². The van der Waals surface area contributed by atoms with Crippen LogP contribution >= 0.6 is 0 Å². The molecule has 0 heterocycles. The minimum Gasteiger partial charge on any atom is -0.480 e. The summed E-state index contributed by atoms with van der Waals surface area (Å²) >= 11 is 0. The van der Waals surface area contributed by atoms with Gasteiger partial charge in [-0.15, -0.1) is 0 Å². The van der Waals surface area contributed by atoms with Crippen molar-refractivity contribution in [1.82, 2.24) is 5.32 Å². The van der Waals surface area contributed by atoms with Crippen LogP contribution in [0, 0.1) is 13.8 Å². The molecule has 2 aromatic rings. The molecule has 126 valence electrons. The van der Waals surface area contributed by atoms with Crippen molar-refractivity contribution < 1.29 is 19.8 Å². The Kier molecular flexibility index (Phi) is 5.71. The van der Waals surface area contributed by atoms with E-state index in [1.165, 1.54) is 0 Å². The Morgan fingerprint density at radius 3 is 2.12 bits per heavy atom. The number of aryl methyl sites for hydroxylation is 2. The molecule has 0 aliphatic rings. The van der Waals surface area contributed by atoms with Crippen molar-refractivity contribution in [3.63, 3.8) is 0 Å². The summed E-state index contributed by atoms with van der Waals surface area (Å²) in [6.07, 6.45) is -1.23. The first-order valence-corrected chi connectivity index (χ1v) is 7.71. The minimum atomic E-state index is -1.40. The number of rotatable bonds is 6. The van der Waals surface area contributed by atoms with Gasteiger partial charge in [0, 0.05) is 6.42 Å². The van der Waals surface area contributed by atoms with Gasteiger partial charge < -0.3 is 15.5 Å². The summed E-state index contributed by atoms with van der Waals surface area (Å²) in [6, 6.07) is 13.0. The van der Waals surface area contributed by atoms with Gasteiger partial charge in [0.1, 0.15) is 6.04 Å². The first-order valence-electron chi connectivity index (χ1n) is 7.71. The lowest BCUT2D eigenvalue weighted by molar-refractivity contribution is -0.143. The first-order chi connectivity index (χ1) is 11.4. The second kappa shape index (κ2) is 7.75. The van der Waals surface area contributed by atoms with E-state index in [1.807, 2.05) is 32.0 Å². The number of aliphatic hydroxyl groups is 1. The third kappa shape index (κ3) is 4.20. The van der Waals surface area contributed by atoms with Gasteiger partial charge >= 0.3 is 5.97 Å². The zero-order valence-corrected chi connectivity index (χ0v) is 13.7. The third-order valence-corrected chi connectivity index (χ3v) is 4.03. The van der Waals surface area contributed by atoms with E-state index in [9.17, 15) is 19.8 Å². The van der Waals surface area contributed by atoms with Gasteiger partial charge in [0.05, 0.1) is 0 Å². The summed E-state index contributed by atoms with van der Waals surface area (Å²) in [6.45, 7) is 3.81. The molecule has 1 amide bonds. The first kappa shape index (κ1) is 17.7. The lowest BCUT2D eigenvalue weighted by atomic mass is 9.96. The molecule has 0 spiro atoms. The molecule has 0 unspecified atom stereocenters. The maximum Gasteiger partial charge on any atom is 0.326 e. The Hall–Kier alpha value is -2.66. The monoisotopic (exact) mass is 327 g/mol. The number of benzene rings is 2. The molecule has 0 fully saturated rings. The predicted octanol–water partition coefficient (Wildman–Crippen LogP) is 2.15. The Balaban J connectivity index is 2.14. The van der Waals surface area contributed by atoms with Crippen molar-refractivity contribution in [1.29, 1.82) is 0 Å². The number of carbonyl (C=O) groups is 2. The van der Waals surface area contributed by atoms with Crippen LogP contribution in [0.3, 0.4) is 0 Å². The van der Waals surface area contributed by atoms with Gasteiger partial charge in [0.25, 0.3) is 5.91 Å². The van der Waals surface area contributed by atoms with E-state index in [-0.39, 0.29) is 6.42 Å². The molecule has 5 heteroatoms. The normalized spacial score (nSPS) is 13.1. The van der Waals surface area contributed by atoms with Gasteiger partial charge in [-0.3, -0.25) is 4.79 Å². The molecular formula is C19H21NO4. The van der Waals surface area contributed by atoms with Crippen molar-refractivity contribution in [3.8, 4) is 0 Å². The molecule has 24 heavy (non-hydrogen) atoms. The van der Waals surface area contributed by atoms with Gasteiger partial charge in [-0.1, -0.05) is 48.5 Å². The fourth-order valence-corrected chi connectivity index (χ4v) is 2.61. The number of nitrogens with one attached hydrogen (secondary N) is 1. The summed E-state index contributed by atoms with van der Waals surface area (Å²) in [5.74, 6) is -1.86. The fraction of sp³-hybridized carbons (Fsp3) is 0.263. The molecule has 0 bridgehead atoms. The van der Waals surface area contributed by atoms with Gasteiger partial charge in [0.15, 0.2) is 6.10 Å². The van der Waals surface area contributed by atoms with Crippen LogP contribution in [0.25, 0.3) is 0 Å². The van der Waals surface area contributed by atoms with Gasteiger partial charge in [-0.2, -0.15) is 0 Å². The summed E-state index contributed by atoms with van der Waals surface area (Å²) < 4.78 is 0. The molecule has 0 aliphatic carbocycles. The van der Waals surface area contributed by atoms with Crippen LogP contribution in [0.5, 0.6) is 0 Å². The van der Waals surface area contributed by atoms with Crippen molar-refractivity contribution >= 4 is 11.9 Å². The molecular weight excluding hydrogens is 306 g/mol. The highest BCUT2D eigenvalue weighted by Gasteiger charge is 2.26. The maximum atomic E-state index is 12.2. The van der Waals surface area contributed by atoms with Crippen LogP contribution in [0.15, 0.2) is 48.5 Å². The molecule has 3 N–H and O–H groups in total. The largest absolute Gasteiger partial charge is 0.480 e. The standard InChI is InChI=1S/C19H21NO4/c1-12-7-6-8-13(2)15(12)11-16(19(23)24)20-18(22)17(21)14-9-4-3-5-10-14/h3-10,16-17,21H,11H2,1-2H3,(H,20,22)(H,23,24)/t16-,17-/m0/s1. The predicted molar refractivity (Wildman–Crippen MR) is 90.6 cm³/mol. The van der Waals surface area contributed by atoms with Crippen molar-refractivity contribution in [3.05, 3.63) is 70.8 Å². The number of carboxylic acids is 1. The van der Waals surface area contributed by atoms with E-state index in [0.717, 1.165) is 16.7 Å². The van der Waals surface area contributed by atoms with Crippen molar-refractivity contribution in [2.75, 3.05) is 0 Å². The van der Waals surface area contributed by atoms with Gasteiger partial charge in [-0.25, -0.2) is 4.79 Å². The SMILES string of the molecule is Cc1cccc(C)c1C[C@H](NC(=O)[C@@H](O)c1ccccc1)C(=O)O. The van der Waals surface area contributed by atoms with Gasteiger partial charge in [-0.05, 0) is 36.1 Å². The fourth-order valence-electron chi connectivity index (χ4n) is 2.61. The molecule has 0 saturated heterocycles. The number of hydrogen-bond acceptors (Lipinski definition) is 3. The highest BCUT2D eigenvalue weighted by atomic mass is 16.4. The van der Waals surface area contributed by atoms with Gasteiger partial charge in [0.2, 0.25) is 0 Å². The molecule has 0 saturated carbocycles. The smallest absolute Gasteiger partial charge is 0.326 e. The zero-order chi connectivity index (χ0) is 17.7. The lowest BCUT2D eigenvalue weighted by Crippen LogP contribution is -2.44. The third-order valence-electron chi connectivity index (χ3n) is 4.03. The van der Waals surface area contributed by atoms with E-state index >= 15 is 0 Å². The highest BCUT2D eigenvalue weighted by Crippen LogP contribution is 2.17. The minimum absolute atomic E-state index is 0.168. The maximum absolute atomic E-state index is 12.2. The Morgan fingerprint density at radius 1 is 1.00 bits per heavy atom. The topological polar surface area (TPSA) is 86.6 Å². The van der Waals surface area contributed by atoms with Crippen LogP contribution in [0.1, 0.15) is 28.4 Å². The lowest BCUT2D eigenvalue weighted by Gasteiger charge is -2.19. The van der Waals surface area contributed by atoms with E-state index in [1.54, 1.807) is 30.3 Å². The van der Waals surface area contributed by atoms with Crippen LogP contribution in [-0.4, -0.2) is 28.1 Å². The number of carbonyl (C=O) groups excluding carboxylic acids is 1. The van der Waals surface area contributed by atoms with Crippen LogP contribution < -0.4 is 5.32 Å². The number of aliphatic hydroxyl groups excluding tert-OH is 1. The second-order valence-electron chi connectivity index (χ2n) is 5.79. The van der Waals surface area contributed by atoms with E-state index in [0.29, 0.717) is 5.56 Å². The zero-order valence-electron chi connectivity index (χ0n) is 13.7. The number of aliphatic carboxylic acids is 1. The van der Waals surface area contributed by atoms with Crippen molar-refractivity contribution in [2.45, 2.75) is 32.4 Å². The van der Waals surface area contributed by atoms with E-state index in [4.69, 9.17) is 0 Å². The van der Waals surface area contributed by atoms with Crippen LogP contribution in [0.4, 0.5) is 0 Å². The van der Waals surface area contributed by atoms with Crippen LogP contribution in [-0.2, 0) is 16.0 Å². The molecule has 0 aliphatic heterocycles. The Morgan fingerprint density at radius 2 is 1.58 bits per heavy atom. The Labute approximate surface area is 141 Å². The number of amides is 1. The molecule has 0 radical (unpaired) electrons. The van der Waals surface area contributed by atoms with E-state index < -0.39 is 24.0 Å². The average molecular weight is 327 g/mol. The molecule has 0 aromatic heterocycles. The highest BCUT2D eigenvalue weighted by molar-refractivity contribution is 5.87. The Bertz CT molecular complexity index is 707. The van der Waals surface area contributed by atoms with Crippen LogP contribution in [0.2, 0.25) is 0 Å². The molecule has 2 aromatic carbocycles. The average Bonchev–Trinajstić information content (AvgIpc) is 2.57. The molecule has 2 rings (SSSR count). The summed E-state index contributed by atoms with van der Waals surface area (Å²) in [4.78, 5) is 23.7. The molecule has 5 nitrogen and oxygen atoms in total.